The Balaban J connectivity index is 1.95. The van der Waals surface area contributed by atoms with Crippen molar-refractivity contribution in [2.45, 2.75) is 6.92 Å². The number of hydrogen-bond acceptors (Lipinski definition) is 3. The molecule has 3 aromatic carbocycles. The molecule has 2 aromatic heterocycles. The number of benzene rings is 3. The lowest BCUT2D eigenvalue weighted by Crippen LogP contribution is -2.04. The van der Waals surface area contributed by atoms with Crippen LogP contribution >= 0.6 is 0 Å². The summed E-state index contributed by atoms with van der Waals surface area (Å²) < 4.78 is 5.54. The van der Waals surface area contributed by atoms with E-state index in [2.05, 4.69) is 4.98 Å². The number of aromatic amines is 1. The summed E-state index contributed by atoms with van der Waals surface area (Å²) in [4.78, 5) is 16.3. The minimum atomic E-state index is -0.559. The Morgan fingerprint density at radius 2 is 1.61 bits per heavy atom. The topological polar surface area (TPSA) is 66.2 Å². The van der Waals surface area contributed by atoms with Gasteiger partial charge in [-0.15, -0.1) is 0 Å². The third-order valence-corrected chi connectivity index (χ3v) is 5.05. The second-order valence-corrected chi connectivity index (χ2v) is 6.90. The van der Waals surface area contributed by atoms with Crippen molar-refractivity contribution in [2.24, 2.45) is 0 Å². The molecular weight excluding hydrogens is 350 g/mol. The fourth-order valence-corrected chi connectivity index (χ4v) is 3.74. The molecule has 0 aliphatic heterocycles. The fourth-order valence-electron chi connectivity index (χ4n) is 3.74. The van der Waals surface area contributed by atoms with Gasteiger partial charge in [-0.05, 0) is 36.8 Å². The molecule has 2 N–H and O–H groups in total. The van der Waals surface area contributed by atoms with Crippen LogP contribution in [0.5, 0.6) is 5.75 Å². The quantitative estimate of drug-likeness (QED) is 0.398. The number of fused-ring (bicyclic) bond motifs is 2. The SMILES string of the molecule is Cc1ccc2[nH]c(-c3ccccc3)c(-c3c(O)c4ccccc4oc3=O)c2c1. The van der Waals surface area contributed by atoms with E-state index in [-0.39, 0.29) is 11.3 Å². The average molecular weight is 367 g/mol. The van der Waals surface area contributed by atoms with Crippen molar-refractivity contribution in [1.29, 1.82) is 0 Å². The molecule has 28 heavy (non-hydrogen) atoms. The van der Waals surface area contributed by atoms with Crippen LogP contribution in [0.4, 0.5) is 0 Å². The van der Waals surface area contributed by atoms with Crippen molar-refractivity contribution in [3.63, 3.8) is 0 Å². The number of H-pyrrole nitrogens is 1. The highest BCUT2D eigenvalue weighted by Crippen LogP contribution is 2.42. The van der Waals surface area contributed by atoms with Crippen LogP contribution in [0.2, 0.25) is 0 Å². The van der Waals surface area contributed by atoms with Crippen LogP contribution in [0.25, 0.3) is 44.3 Å². The highest BCUT2D eigenvalue weighted by atomic mass is 16.4. The Hall–Kier alpha value is -3.79. The van der Waals surface area contributed by atoms with Crippen molar-refractivity contribution in [1.82, 2.24) is 4.98 Å². The van der Waals surface area contributed by atoms with Gasteiger partial charge >= 0.3 is 5.63 Å². The van der Waals surface area contributed by atoms with E-state index in [1.54, 1.807) is 18.2 Å². The van der Waals surface area contributed by atoms with Crippen LogP contribution in [-0.4, -0.2) is 10.1 Å². The van der Waals surface area contributed by atoms with Gasteiger partial charge in [0, 0.05) is 16.5 Å². The van der Waals surface area contributed by atoms with Crippen LogP contribution in [0.15, 0.2) is 82.0 Å². The summed E-state index contributed by atoms with van der Waals surface area (Å²) in [5.74, 6) is -0.0635. The number of aryl methyl sites for hydroxylation is 1. The second kappa shape index (κ2) is 6.13. The minimum Gasteiger partial charge on any atom is -0.506 e. The summed E-state index contributed by atoms with van der Waals surface area (Å²) in [5.41, 5.74) is 4.30. The molecule has 0 aliphatic rings. The average Bonchev–Trinajstić information content (AvgIpc) is 3.07. The Bertz CT molecular complexity index is 1390. The fraction of sp³-hybridized carbons (Fsp3) is 0.0417. The van der Waals surface area contributed by atoms with Crippen LogP contribution in [0.1, 0.15) is 5.56 Å². The van der Waals surface area contributed by atoms with Gasteiger partial charge in [0.1, 0.15) is 16.9 Å². The predicted molar refractivity (Wildman–Crippen MR) is 112 cm³/mol. The number of aromatic hydroxyl groups is 1. The maximum Gasteiger partial charge on any atom is 0.348 e. The lowest BCUT2D eigenvalue weighted by molar-refractivity contribution is 0.471. The van der Waals surface area contributed by atoms with E-state index in [1.165, 1.54) is 0 Å². The molecular formula is C24H17NO3. The summed E-state index contributed by atoms with van der Waals surface area (Å²) in [6, 6.07) is 22.8. The molecule has 5 rings (SSSR count). The smallest absolute Gasteiger partial charge is 0.348 e. The second-order valence-electron chi connectivity index (χ2n) is 6.90. The number of aromatic nitrogens is 1. The zero-order chi connectivity index (χ0) is 19.3. The zero-order valence-electron chi connectivity index (χ0n) is 15.2. The molecule has 0 aliphatic carbocycles. The Kier molecular flexibility index (Phi) is 3.59. The van der Waals surface area contributed by atoms with Gasteiger partial charge < -0.3 is 14.5 Å². The van der Waals surface area contributed by atoms with E-state index in [9.17, 15) is 9.90 Å². The first-order valence-electron chi connectivity index (χ1n) is 9.06. The van der Waals surface area contributed by atoms with E-state index in [0.29, 0.717) is 16.5 Å². The van der Waals surface area contributed by atoms with Gasteiger partial charge in [0.25, 0.3) is 0 Å². The Morgan fingerprint density at radius 3 is 2.43 bits per heavy atom. The van der Waals surface area contributed by atoms with Crippen molar-refractivity contribution < 1.29 is 9.52 Å². The highest BCUT2D eigenvalue weighted by Gasteiger charge is 2.23. The number of rotatable bonds is 2. The minimum absolute atomic E-state index is 0.0635. The first-order valence-corrected chi connectivity index (χ1v) is 9.06. The van der Waals surface area contributed by atoms with Crippen molar-refractivity contribution in [3.05, 3.63) is 88.8 Å². The van der Waals surface area contributed by atoms with Gasteiger partial charge in [-0.25, -0.2) is 4.79 Å². The Labute approximate surface area is 160 Å². The third kappa shape index (κ3) is 2.42. The molecule has 0 saturated carbocycles. The van der Waals surface area contributed by atoms with Gasteiger partial charge in [0.2, 0.25) is 0 Å². The molecule has 4 nitrogen and oxygen atoms in total. The summed E-state index contributed by atoms with van der Waals surface area (Å²) >= 11 is 0. The van der Waals surface area contributed by atoms with E-state index in [1.807, 2.05) is 61.5 Å². The van der Waals surface area contributed by atoms with E-state index in [4.69, 9.17) is 4.42 Å². The molecule has 4 heteroatoms. The van der Waals surface area contributed by atoms with Crippen LogP contribution < -0.4 is 5.63 Å². The molecule has 0 atom stereocenters. The van der Waals surface area contributed by atoms with Gasteiger partial charge in [-0.1, -0.05) is 54.1 Å². The number of nitrogens with one attached hydrogen (secondary N) is 1. The van der Waals surface area contributed by atoms with Crippen molar-refractivity contribution in [3.8, 4) is 28.1 Å². The third-order valence-electron chi connectivity index (χ3n) is 5.05. The molecule has 0 radical (unpaired) electrons. The zero-order valence-corrected chi connectivity index (χ0v) is 15.2. The lowest BCUT2D eigenvalue weighted by Gasteiger charge is -2.09. The molecule has 0 saturated heterocycles. The van der Waals surface area contributed by atoms with Crippen molar-refractivity contribution >= 4 is 21.9 Å². The van der Waals surface area contributed by atoms with E-state index < -0.39 is 5.63 Å². The van der Waals surface area contributed by atoms with E-state index >= 15 is 0 Å². The van der Waals surface area contributed by atoms with Crippen LogP contribution in [-0.2, 0) is 0 Å². The normalized spacial score (nSPS) is 11.3. The van der Waals surface area contributed by atoms with Crippen LogP contribution in [0.3, 0.4) is 0 Å². The summed E-state index contributed by atoms with van der Waals surface area (Å²) in [5, 5.41) is 12.4. The van der Waals surface area contributed by atoms with Gasteiger partial charge in [-0.3, -0.25) is 0 Å². The molecule has 136 valence electrons. The summed E-state index contributed by atoms with van der Waals surface area (Å²) in [6.07, 6.45) is 0. The molecule has 0 amide bonds. The Morgan fingerprint density at radius 1 is 0.857 bits per heavy atom. The maximum atomic E-state index is 12.9. The van der Waals surface area contributed by atoms with Gasteiger partial charge in [0.05, 0.1) is 11.1 Å². The van der Waals surface area contributed by atoms with E-state index in [0.717, 1.165) is 27.7 Å². The number of hydrogen-bond donors (Lipinski definition) is 2. The summed E-state index contributed by atoms with van der Waals surface area (Å²) in [6.45, 7) is 2.00. The molecule has 5 aromatic rings. The van der Waals surface area contributed by atoms with Crippen LogP contribution in [0, 0.1) is 6.92 Å². The first kappa shape index (κ1) is 16.4. The van der Waals surface area contributed by atoms with Gasteiger partial charge in [0.15, 0.2) is 0 Å². The highest BCUT2D eigenvalue weighted by molar-refractivity contribution is 6.07. The van der Waals surface area contributed by atoms with Crippen molar-refractivity contribution in [2.75, 3.05) is 0 Å². The maximum absolute atomic E-state index is 12.9. The monoisotopic (exact) mass is 367 g/mol. The molecule has 0 fully saturated rings. The molecule has 2 heterocycles. The molecule has 0 spiro atoms. The number of para-hydroxylation sites is 1. The summed E-state index contributed by atoms with van der Waals surface area (Å²) in [7, 11) is 0. The van der Waals surface area contributed by atoms with Gasteiger partial charge in [-0.2, -0.15) is 0 Å². The largest absolute Gasteiger partial charge is 0.506 e. The predicted octanol–water partition coefficient (Wildman–Crippen LogP) is 5.62. The first-order chi connectivity index (χ1) is 13.6. The lowest BCUT2D eigenvalue weighted by atomic mass is 9.97. The molecule has 0 unspecified atom stereocenters. The standard InChI is InChI=1S/C24H17NO3/c1-14-11-12-18-17(13-14)20(22(25-18)15-7-3-2-4-8-15)21-23(26)16-9-5-6-10-19(16)28-24(21)27/h2-13,25-26H,1H3. The molecule has 0 bridgehead atoms.